The minimum atomic E-state index is -1.08. The van der Waals surface area contributed by atoms with Gasteiger partial charge < -0.3 is 5.32 Å². The minimum Gasteiger partial charge on any atom is -0.358 e. The molecule has 2 aliphatic rings. The number of urea groups is 1. The molecule has 0 aromatic rings. The van der Waals surface area contributed by atoms with Gasteiger partial charge >= 0.3 is 6.03 Å². The predicted octanol–water partition coefficient (Wildman–Crippen LogP) is -1.41. The summed E-state index contributed by atoms with van der Waals surface area (Å²) in [5.74, 6) is -1.56. The molecule has 5 amide bonds. The fourth-order valence-corrected chi connectivity index (χ4v) is 1.66. The van der Waals surface area contributed by atoms with Crippen LogP contribution in [0.2, 0.25) is 0 Å². The van der Waals surface area contributed by atoms with Crippen molar-refractivity contribution in [3.8, 4) is 0 Å². The monoisotopic (exact) mass is 225 g/mol. The molecule has 1 heterocycles. The SMILES string of the molecule is CNC(=O)CN1C(=O)NC(=O)C2(CC2)C1=O. The van der Waals surface area contributed by atoms with Crippen molar-refractivity contribution in [3.05, 3.63) is 0 Å². The Morgan fingerprint density at radius 3 is 2.56 bits per heavy atom. The van der Waals surface area contributed by atoms with Crippen molar-refractivity contribution in [1.29, 1.82) is 0 Å². The van der Waals surface area contributed by atoms with E-state index in [1.165, 1.54) is 7.05 Å². The van der Waals surface area contributed by atoms with Gasteiger partial charge in [-0.05, 0) is 12.8 Å². The molecule has 1 saturated carbocycles. The van der Waals surface area contributed by atoms with Crippen LogP contribution in [0.25, 0.3) is 0 Å². The Balaban J connectivity index is 2.18. The van der Waals surface area contributed by atoms with Crippen LogP contribution in [0.3, 0.4) is 0 Å². The normalized spacial score (nSPS) is 22.1. The maximum atomic E-state index is 11.8. The third-order valence-corrected chi connectivity index (χ3v) is 2.89. The lowest BCUT2D eigenvalue weighted by atomic mass is 10.0. The van der Waals surface area contributed by atoms with Crippen molar-refractivity contribution in [2.45, 2.75) is 12.8 Å². The Morgan fingerprint density at radius 2 is 2.06 bits per heavy atom. The second-order valence-electron chi connectivity index (χ2n) is 3.91. The minimum absolute atomic E-state index is 0.351. The van der Waals surface area contributed by atoms with Gasteiger partial charge in [-0.1, -0.05) is 0 Å². The van der Waals surface area contributed by atoms with Gasteiger partial charge in [-0.15, -0.1) is 0 Å². The number of carbonyl (C=O) groups is 4. The van der Waals surface area contributed by atoms with Crippen molar-refractivity contribution >= 4 is 23.8 Å². The largest absolute Gasteiger partial charge is 0.358 e. The molecule has 1 aliphatic carbocycles. The fraction of sp³-hybridized carbons (Fsp3) is 0.556. The van der Waals surface area contributed by atoms with Crippen LogP contribution in [-0.2, 0) is 14.4 Å². The first-order chi connectivity index (χ1) is 7.51. The summed E-state index contributed by atoms with van der Waals surface area (Å²) in [5.41, 5.74) is -1.08. The molecule has 0 aromatic heterocycles. The molecule has 7 nitrogen and oxygen atoms in total. The number of amides is 5. The van der Waals surface area contributed by atoms with Gasteiger partial charge in [-0.3, -0.25) is 24.6 Å². The van der Waals surface area contributed by atoms with Gasteiger partial charge in [-0.2, -0.15) is 0 Å². The highest BCUT2D eigenvalue weighted by Gasteiger charge is 2.62. The average Bonchev–Trinajstić information content (AvgIpc) is 3.03. The van der Waals surface area contributed by atoms with Crippen LogP contribution in [0.15, 0.2) is 0 Å². The highest BCUT2D eigenvalue weighted by Crippen LogP contribution is 2.48. The Labute approximate surface area is 91.2 Å². The van der Waals surface area contributed by atoms with E-state index in [1.807, 2.05) is 0 Å². The van der Waals surface area contributed by atoms with Gasteiger partial charge in [0.05, 0.1) is 0 Å². The zero-order chi connectivity index (χ0) is 11.9. The molecular formula is C9H11N3O4. The molecule has 2 N–H and O–H groups in total. The smallest absolute Gasteiger partial charge is 0.331 e. The third kappa shape index (κ3) is 1.36. The fourth-order valence-electron chi connectivity index (χ4n) is 1.66. The zero-order valence-electron chi connectivity index (χ0n) is 8.70. The number of carbonyl (C=O) groups excluding carboxylic acids is 4. The van der Waals surface area contributed by atoms with Crippen LogP contribution >= 0.6 is 0 Å². The van der Waals surface area contributed by atoms with Crippen LogP contribution in [0.1, 0.15) is 12.8 Å². The average molecular weight is 225 g/mol. The van der Waals surface area contributed by atoms with E-state index in [0.717, 1.165) is 4.90 Å². The van der Waals surface area contributed by atoms with Crippen molar-refractivity contribution in [3.63, 3.8) is 0 Å². The number of rotatable bonds is 2. The van der Waals surface area contributed by atoms with Crippen LogP contribution in [-0.4, -0.2) is 42.2 Å². The molecule has 0 radical (unpaired) electrons. The molecule has 1 aliphatic heterocycles. The maximum absolute atomic E-state index is 11.8. The highest BCUT2D eigenvalue weighted by atomic mass is 16.2. The van der Waals surface area contributed by atoms with Gasteiger partial charge in [0, 0.05) is 7.05 Å². The Hall–Kier alpha value is -1.92. The lowest BCUT2D eigenvalue weighted by Gasteiger charge is -2.29. The van der Waals surface area contributed by atoms with Gasteiger partial charge in [0.1, 0.15) is 12.0 Å². The highest BCUT2D eigenvalue weighted by molar-refractivity contribution is 6.21. The first kappa shape index (κ1) is 10.6. The summed E-state index contributed by atoms with van der Waals surface area (Å²) < 4.78 is 0. The van der Waals surface area contributed by atoms with E-state index in [9.17, 15) is 19.2 Å². The van der Waals surface area contributed by atoms with E-state index in [2.05, 4.69) is 10.6 Å². The number of hydrogen-bond donors (Lipinski definition) is 2. The standard InChI is InChI=1S/C9H11N3O4/c1-10-5(13)4-12-7(15)9(2-3-9)6(14)11-8(12)16/h2-4H2,1H3,(H,10,13)(H,11,14,16). The van der Waals surface area contributed by atoms with E-state index in [0.29, 0.717) is 12.8 Å². The number of hydrogen-bond acceptors (Lipinski definition) is 4. The molecule has 2 rings (SSSR count). The molecule has 0 unspecified atom stereocenters. The van der Waals surface area contributed by atoms with Crippen molar-refractivity contribution in [2.24, 2.45) is 5.41 Å². The Morgan fingerprint density at radius 1 is 1.44 bits per heavy atom. The summed E-state index contributed by atoms with van der Waals surface area (Å²) in [6.45, 7) is -0.351. The molecule has 0 aromatic carbocycles. The quantitative estimate of drug-likeness (QED) is 0.564. The molecule has 2 fully saturated rings. The Kier molecular flexibility index (Phi) is 2.18. The summed E-state index contributed by atoms with van der Waals surface area (Å²) in [5, 5.41) is 4.40. The van der Waals surface area contributed by atoms with E-state index in [-0.39, 0.29) is 6.54 Å². The van der Waals surface area contributed by atoms with Crippen molar-refractivity contribution in [2.75, 3.05) is 13.6 Å². The lowest BCUT2D eigenvalue weighted by molar-refractivity contribution is -0.146. The van der Waals surface area contributed by atoms with Gasteiger partial charge in [-0.25, -0.2) is 4.79 Å². The van der Waals surface area contributed by atoms with Gasteiger partial charge in [0.25, 0.3) is 0 Å². The number of imide groups is 2. The first-order valence-corrected chi connectivity index (χ1v) is 4.89. The number of likely N-dealkylation sites (N-methyl/N-ethyl adjacent to an activating group) is 1. The molecule has 7 heteroatoms. The summed E-state index contributed by atoms with van der Waals surface area (Å²) in [6, 6.07) is -0.823. The topological polar surface area (TPSA) is 95.6 Å². The molecule has 1 saturated heterocycles. The third-order valence-electron chi connectivity index (χ3n) is 2.89. The summed E-state index contributed by atoms with van der Waals surface area (Å²) >= 11 is 0. The van der Waals surface area contributed by atoms with Crippen molar-refractivity contribution in [1.82, 2.24) is 15.5 Å². The number of nitrogens with zero attached hydrogens (tertiary/aromatic N) is 1. The summed E-state index contributed by atoms with van der Waals surface area (Å²) in [6.07, 6.45) is 0.879. The maximum Gasteiger partial charge on any atom is 0.331 e. The number of barbiturate groups is 1. The predicted molar refractivity (Wildman–Crippen MR) is 51.0 cm³/mol. The number of nitrogens with one attached hydrogen (secondary N) is 2. The lowest BCUT2D eigenvalue weighted by Crippen LogP contribution is -2.60. The second-order valence-corrected chi connectivity index (χ2v) is 3.91. The molecule has 16 heavy (non-hydrogen) atoms. The van der Waals surface area contributed by atoms with E-state index in [4.69, 9.17) is 0 Å². The van der Waals surface area contributed by atoms with Crippen molar-refractivity contribution < 1.29 is 19.2 Å². The van der Waals surface area contributed by atoms with Crippen LogP contribution in [0.5, 0.6) is 0 Å². The molecule has 0 bridgehead atoms. The van der Waals surface area contributed by atoms with Crippen LogP contribution < -0.4 is 10.6 Å². The zero-order valence-corrected chi connectivity index (χ0v) is 8.70. The van der Waals surface area contributed by atoms with Gasteiger partial charge in [0.2, 0.25) is 17.7 Å². The first-order valence-electron chi connectivity index (χ1n) is 4.89. The molecule has 0 atom stereocenters. The van der Waals surface area contributed by atoms with Crippen LogP contribution in [0.4, 0.5) is 4.79 Å². The van der Waals surface area contributed by atoms with E-state index < -0.39 is 29.2 Å². The summed E-state index contributed by atoms with van der Waals surface area (Å²) in [7, 11) is 1.41. The summed E-state index contributed by atoms with van der Waals surface area (Å²) in [4.78, 5) is 46.5. The van der Waals surface area contributed by atoms with Gasteiger partial charge in [0.15, 0.2) is 0 Å². The van der Waals surface area contributed by atoms with E-state index in [1.54, 1.807) is 0 Å². The van der Waals surface area contributed by atoms with Crippen LogP contribution in [0, 0.1) is 5.41 Å². The molecule has 1 spiro atoms. The molecule has 86 valence electrons. The molecular weight excluding hydrogens is 214 g/mol. The second kappa shape index (κ2) is 3.29. The Bertz CT molecular complexity index is 400. The van der Waals surface area contributed by atoms with E-state index >= 15 is 0 Å².